The van der Waals surface area contributed by atoms with Gasteiger partial charge in [0.2, 0.25) is 0 Å². The number of fused-ring (bicyclic) bond motifs is 1. The molecule has 1 fully saturated rings. The fourth-order valence-corrected chi connectivity index (χ4v) is 4.88. The number of anilines is 3. The van der Waals surface area contributed by atoms with Crippen LogP contribution in [-0.4, -0.2) is 75.7 Å². The van der Waals surface area contributed by atoms with Crippen molar-refractivity contribution in [3.63, 3.8) is 0 Å². The molecule has 0 unspecified atom stereocenters. The summed E-state index contributed by atoms with van der Waals surface area (Å²) in [4.78, 5) is 24.5. The van der Waals surface area contributed by atoms with Crippen molar-refractivity contribution >= 4 is 28.6 Å². The molecule has 0 bridgehead atoms. The first kappa shape index (κ1) is 28.9. The number of nitrogens with zero attached hydrogens (tertiary/aromatic N) is 6. The largest absolute Gasteiger partial charge is 0.387 e. The number of methoxy groups -OCH3 is 1. The third-order valence-corrected chi connectivity index (χ3v) is 7.29. The number of halogens is 1. The van der Waals surface area contributed by atoms with Crippen LogP contribution in [0.2, 0.25) is 0 Å². The summed E-state index contributed by atoms with van der Waals surface area (Å²) in [7, 11) is 1.71. The minimum atomic E-state index is -1.66. The maximum absolute atomic E-state index is 14.4. The average molecular weight is 573 g/mol. The molecule has 218 valence electrons. The van der Waals surface area contributed by atoms with Gasteiger partial charge in [0, 0.05) is 32.3 Å². The summed E-state index contributed by atoms with van der Waals surface area (Å²) in [5.41, 5.74) is 2.00. The number of aromatic nitrogens is 4. The fraction of sp³-hybridized carbons (Fsp3) is 0.367. The minimum Gasteiger partial charge on any atom is -0.387 e. The molecule has 1 saturated heterocycles. The van der Waals surface area contributed by atoms with Crippen LogP contribution in [0.4, 0.5) is 21.6 Å². The lowest BCUT2D eigenvalue weighted by Gasteiger charge is -2.22. The van der Waals surface area contributed by atoms with E-state index in [1.54, 1.807) is 30.0 Å². The van der Waals surface area contributed by atoms with Crippen molar-refractivity contribution in [2.24, 2.45) is 5.92 Å². The van der Waals surface area contributed by atoms with Gasteiger partial charge in [-0.3, -0.25) is 9.78 Å². The third kappa shape index (κ3) is 6.32. The first-order chi connectivity index (χ1) is 20.2. The molecule has 3 N–H and O–H groups in total. The SMILES string of the molecule is COC[C@@H]1CCN(c2ccc(Nc3cc(-c4ccc5cc(C#N)cnn45)ncc3C(=O)NC[C@@H](F)C(C)(C)O)cn2)C1. The molecule has 0 aromatic carbocycles. The fourth-order valence-electron chi connectivity index (χ4n) is 4.88. The Kier molecular flexibility index (Phi) is 8.33. The van der Waals surface area contributed by atoms with Crippen LogP contribution in [0.25, 0.3) is 16.9 Å². The van der Waals surface area contributed by atoms with Gasteiger partial charge in [-0.2, -0.15) is 10.4 Å². The Morgan fingerprint density at radius 1 is 1.24 bits per heavy atom. The second-order valence-electron chi connectivity index (χ2n) is 10.9. The number of nitriles is 1. The van der Waals surface area contributed by atoms with Gasteiger partial charge in [0.25, 0.3) is 5.91 Å². The van der Waals surface area contributed by atoms with E-state index in [2.05, 4.69) is 36.7 Å². The molecule has 1 aliphatic heterocycles. The maximum atomic E-state index is 14.4. The molecule has 5 heterocycles. The smallest absolute Gasteiger partial charge is 0.255 e. The molecule has 5 rings (SSSR count). The molecule has 1 amide bonds. The third-order valence-electron chi connectivity index (χ3n) is 7.29. The highest BCUT2D eigenvalue weighted by atomic mass is 19.1. The molecule has 4 aromatic rings. The Morgan fingerprint density at radius 3 is 2.79 bits per heavy atom. The normalized spacial score (nSPS) is 15.9. The van der Waals surface area contributed by atoms with Crippen LogP contribution < -0.4 is 15.5 Å². The van der Waals surface area contributed by atoms with Crippen LogP contribution >= 0.6 is 0 Å². The predicted molar refractivity (Wildman–Crippen MR) is 156 cm³/mol. The Bertz CT molecular complexity index is 1610. The van der Waals surface area contributed by atoms with Crippen molar-refractivity contribution in [1.82, 2.24) is 24.9 Å². The molecule has 2 atom stereocenters. The molecule has 11 nitrogen and oxygen atoms in total. The van der Waals surface area contributed by atoms with Gasteiger partial charge in [-0.15, -0.1) is 0 Å². The molecule has 0 aliphatic carbocycles. The zero-order valence-corrected chi connectivity index (χ0v) is 23.7. The Hall–Kier alpha value is -4.60. The van der Waals surface area contributed by atoms with Gasteiger partial charge in [0.1, 0.15) is 18.1 Å². The van der Waals surface area contributed by atoms with Crippen molar-refractivity contribution in [3.05, 3.63) is 66.1 Å². The number of nitrogens with one attached hydrogen (secondary N) is 2. The van der Waals surface area contributed by atoms with E-state index in [1.807, 2.05) is 24.3 Å². The lowest BCUT2D eigenvalue weighted by atomic mass is 10.0. The molecular formula is C30H33FN8O3. The van der Waals surface area contributed by atoms with Crippen LogP contribution in [0.1, 0.15) is 36.2 Å². The first-order valence-electron chi connectivity index (χ1n) is 13.7. The quantitative estimate of drug-likeness (QED) is 0.259. The van der Waals surface area contributed by atoms with Crippen LogP contribution in [0.15, 0.2) is 55.0 Å². The van der Waals surface area contributed by atoms with E-state index in [1.165, 1.54) is 26.2 Å². The predicted octanol–water partition coefficient (Wildman–Crippen LogP) is 3.72. The number of carbonyl (C=O) groups excluding carboxylic acids is 1. The Labute approximate surface area is 243 Å². The van der Waals surface area contributed by atoms with Crippen molar-refractivity contribution in [2.45, 2.75) is 32.0 Å². The lowest BCUT2D eigenvalue weighted by Crippen LogP contribution is -2.42. The van der Waals surface area contributed by atoms with Gasteiger partial charge >= 0.3 is 0 Å². The van der Waals surface area contributed by atoms with Gasteiger partial charge in [0.05, 0.1) is 70.6 Å². The zero-order chi connectivity index (χ0) is 29.9. The van der Waals surface area contributed by atoms with Crippen molar-refractivity contribution in [1.29, 1.82) is 5.26 Å². The number of alkyl halides is 1. The monoisotopic (exact) mass is 572 g/mol. The molecule has 4 aromatic heterocycles. The van der Waals surface area contributed by atoms with E-state index >= 15 is 0 Å². The van der Waals surface area contributed by atoms with E-state index in [9.17, 15) is 19.6 Å². The summed E-state index contributed by atoms with van der Waals surface area (Å²) >= 11 is 0. The maximum Gasteiger partial charge on any atom is 0.255 e. The van der Waals surface area contributed by atoms with Gasteiger partial charge < -0.3 is 25.4 Å². The van der Waals surface area contributed by atoms with Crippen molar-refractivity contribution in [3.8, 4) is 17.5 Å². The standard InChI is InChI=1S/C30H33FN8O3/c1-30(2,41)27(31)16-35-29(40)23-15-33-25(26-6-5-22-10-20(12-32)13-36-39(22)26)11-24(23)37-21-4-7-28(34-14-21)38-9-8-19(17-38)18-42-3/h4-7,10-11,13-15,19,27,41H,8-9,16-18H2,1-3H3,(H,33,37)(H,35,40)/t19-,27-/m1/s1. The molecule has 0 saturated carbocycles. The van der Waals surface area contributed by atoms with Crippen molar-refractivity contribution < 1.29 is 19.0 Å². The number of rotatable bonds is 10. The molecule has 42 heavy (non-hydrogen) atoms. The number of hydrogen-bond acceptors (Lipinski definition) is 9. The minimum absolute atomic E-state index is 0.188. The molecule has 0 spiro atoms. The van der Waals surface area contributed by atoms with Crippen LogP contribution in [-0.2, 0) is 4.74 Å². The summed E-state index contributed by atoms with van der Waals surface area (Å²) in [6.07, 6.45) is 3.97. The van der Waals surface area contributed by atoms with Gasteiger partial charge in [-0.25, -0.2) is 13.9 Å². The Balaban J connectivity index is 1.43. The van der Waals surface area contributed by atoms with E-state index in [0.717, 1.165) is 37.5 Å². The van der Waals surface area contributed by atoms with E-state index in [4.69, 9.17) is 4.74 Å². The molecular weight excluding hydrogens is 539 g/mol. The molecule has 0 radical (unpaired) electrons. The Morgan fingerprint density at radius 2 is 2.07 bits per heavy atom. The summed E-state index contributed by atoms with van der Waals surface area (Å²) in [5, 5.41) is 29.3. The highest BCUT2D eigenvalue weighted by Crippen LogP contribution is 2.29. The highest BCUT2D eigenvalue weighted by molar-refractivity contribution is 6.00. The second kappa shape index (κ2) is 12.1. The van der Waals surface area contributed by atoms with Crippen molar-refractivity contribution in [2.75, 3.05) is 43.6 Å². The van der Waals surface area contributed by atoms with E-state index in [0.29, 0.717) is 34.2 Å². The molecule has 12 heteroatoms. The van der Waals surface area contributed by atoms with Crippen LogP contribution in [0.5, 0.6) is 0 Å². The van der Waals surface area contributed by atoms with E-state index in [-0.39, 0.29) is 12.1 Å². The summed E-state index contributed by atoms with van der Waals surface area (Å²) in [6.45, 7) is 4.82. The van der Waals surface area contributed by atoms with Gasteiger partial charge in [-0.05, 0) is 56.7 Å². The number of amides is 1. The number of hydrogen-bond donors (Lipinski definition) is 3. The average Bonchev–Trinajstić information content (AvgIpc) is 3.63. The summed E-state index contributed by atoms with van der Waals surface area (Å²) in [5.74, 6) is 0.777. The summed E-state index contributed by atoms with van der Waals surface area (Å²) < 4.78 is 21.3. The number of aliphatic hydroxyl groups is 1. The van der Waals surface area contributed by atoms with Gasteiger partial charge in [0.15, 0.2) is 0 Å². The number of pyridine rings is 2. The summed E-state index contributed by atoms with van der Waals surface area (Å²) in [6, 6.07) is 13.0. The molecule has 1 aliphatic rings. The topological polar surface area (TPSA) is 141 Å². The van der Waals surface area contributed by atoms with Gasteiger partial charge in [-0.1, -0.05) is 0 Å². The second-order valence-corrected chi connectivity index (χ2v) is 10.9. The van der Waals surface area contributed by atoms with Crippen LogP contribution in [0, 0.1) is 17.2 Å². The number of carbonyl (C=O) groups is 1. The van der Waals surface area contributed by atoms with E-state index < -0.39 is 17.7 Å². The lowest BCUT2D eigenvalue weighted by molar-refractivity contribution is -0.00177. The number of ether oxygens (including phenoxy) is 1. The zero-order valence-electron chi connectivity index (χ0n) is 23.7. The highest BCUT2D eigenvalue weighted by Gasteiger charge is 2.28. The van der Waals surface area contributed by atoms with Crippen LogP contribution in [0.3, 0.4) is 0 Å². The first-order valence-corrected chi connectivity index (χ1v) is 13.7.